The van der Waals surface area contributed by atoms with Gasteiger partial charge in [-0.3, -0.25) is 4.55 Å². The number of rotatable bonds is 5. The third-order valence-corrected chi connectivity index (χ3v) is 4.06. The molecule has 2 saturated heterocycles. The van der Waals surface area contributed by atoms with Crippen molar-refractivity contribution >= 4 is 22.4 Å². The molecule has 0 aliphatic carbocycles. The van der Waals surface area contributed by atoms with Crippen molar-refractivity contribution in [3.8, 4) is 0 Å². The number of amides is 2. The van der Waals surface area contributed by atoms with Crippen molar-refractivity contribution in [3.63, 3.8) is 0 Å². The summed E-state index contributed by atoms with van der Waals surface area (Å²) in [5.74, 6) is -0.559. The first kappa shape index (κ1) is 15.7. The van der Waals surface area contributed by atoms with Crippen LogP contribution in [0.2, 0.25) is 0 Å². The van der Waals surface area contributed by atoms with Crippen LogP contribution in [0.5, 0.6) is 0 Å². The zero-order valence-corrected chi connectivity index (χ0v) is 12.7. The lowest BCUT2D eigenvalue weighted by molar-refractivity contribution is -0.151. The molecular weight excluding hydrogens is 328 g/mol. The van der Waals surface area contributed by atoms with E-state index in [-0.39, 0.29) is 19.6 Å². The number of benzene rings is 1. The lowest BCUT2D eigenvalue weighted by Gasteiger charge is -2.28. The fourth-order valence-electron chi connectivity index (χ4n) is 2.72. The fourth-order valence-corrected chi connectivity index (χ4v) is 3.11. The highest BCUT2D eigenvalue weighted by molar-refractivity contribution is 7.80. The topological polar surface area (TPSA) is 113 Å². The van der Waals surface area contributed by atoms with Crippen LogP contribution in [-0.2, 0) is 30.8 Å². The number of fused-ring (bicyclic) bond motifs is 2. The zero-order chi connectivity index (χ0) is 16.6. The molecule has 10 heteroatoms. The summed E-state index contributed by atoms with van der Waals surface area (Å²) < 4.78 is 39.5. The molecule has 9 nitrogen and oxygen atoms in total. The first-order valence-corrected chi connectivity index (χ1v) is 8.19. The van der Waals surface area contributed by atoms with Gasteiger partial charge in [0.25, 0.3) is 0 Å². The number of hydrogen-bond donors (Lipinski definition) is 1. The molecule has 2 amide bonds. The molecular formula is C13H14N2O7S. The third-order valence-electron chi connectivity index (χ3n) is 3.72. The Kier molecular flexibility index (Phi) is 3.96. The first-order valence-electron chi connectivity index (χ1n) is 6.82. The minimum absolute atomic E-state index is 0.0914. The normalized spacial score (nSPS) is 23.4. The Morgan fingerprint density at radius 3 is 2.61 bits per heavy atom. The maximum Gasteiger partial charge on any atom is 0.418 e. The van der Waals surface area contributed by atoms with E-state index in [0.717, 1.165) is 5.56 Å². The van der Waals surface area contributed by atoms with Gasteiger partial charge in [0.2, 0.25) is 0 Å². The molecule has 0 radical (unpaired) electrons. The van der Waals surface area contributed by atoms with Gasteiger partial charge in [0.05, 0.1) is 6.04 Å². The summed E-state index contributed by atoms with van der Waals surface area (Å²) in [5, 5.41) is 0.566. The quantitative estimate of drug-likeness (QED) is 0.606. The van der Waals surface area contributed by atoms with Crippen LogP contribution in [-0.4, -0.2) is 53.6 Å². The van der Waals surface area contributed by atoms with Crippen molar-refractivity contribution in [2.24, 2.45) is 0 Å². The summed E-state index contributed by atoms with van der Waals surface area (Å²) in [5.41, 5.74) is 0.821. The van der Waals surface area contributed by atoms with Crippen molar-refractivity contribution in [2.45, 2.75) is 25.1 Å². The van der Waals surface area contributed by atoms with Crippen LogP contribution in [0.4, 0.5) is 4.79 Å². The molecule has 2 atom stereocenters. The highest BCUT2D eigenvalue weighted by atomic mass is 32.3. The summed E-state index contributed by atoms with van der Waals surface area (Å²) in [6, 6.07) is 6.89. The second-order valence-corrected chi connectivity index (χ2v) is 6.27. The summed E-state index contributed by atoms with van der Waals surface area (Å²) >= 11 is 0. The van der Waals surface area contributed by atoms with Crippen LogP contribution in [0.1, 0.15) is 12.0 Å². The molecule has 2 aliphatic rings. The lowest BCUT2D eigenvalue weighted by Crippen LogP contribution is -2.49. The van der Waals surface area contributed by atoms with Gasteiger partial charge >= 0.3 is 22.4 Å². The van der Waals surface area contributed by atoms with Crippen molar-refractivity contribution in [3.05, 3.63) is 35.9 Å². The molecule has 124 valence electrons. The van der Waals surface area contributed by atoms with E-state index < -0.39 is 34.5 Å². The minimum atomic E-state index is -4.78. The molecule has 0 aromatic heterocycles. The maximum atomic E-state index is 12.1. The van der Waals surface area contributed by atoms with Crippen LogP contribution in [0.15, 0.2) is 30.3 Å². The highest BCUT2D eigenvalue weighted by Gasteiger charge is 2.53. The van der Waals surface area contributed by atoms with Crippen molar-refractivity contribution in [1.82, 2.24) is 9.96 Å². The van der Waals surface area contributed by atoms with Gasteiger partial charge < -0.3 is 9.64 Å². The standard InChI is InChI=1S/C13H14N2O7S/c16-12(21-8-9-4-2-1-3-5-9)11-6-10-7-14(11)13(17)15(10)22-23(18,19)20/h1-5,10-11H,6-8H2,(H,18,19,20)/t10-,11-/m1/s1. The van der Waals surface area contributed by atoms with E-state index in [1.807, 2.05) is 18.2 Å². The Morgan fingerprint density at radius 2 is 2.00 bits per heavy atom. The van der Waals surface area contributed by atoms with Gasteiger partial charge in [-0.15, -0.1) is 4.28 Å². The van der Waals surface area contributed by atoms with E-state index in [1.54, 1.807) is 12.1 Å². The van der Waals surface area contributed by atoms with Crippen LogP contribution >= 0.6 is 0 Å². The molecule has 2 fully saturated rings. The second kappa shape index (κ2) is 5.80. The molecule has 1 aromatic rings. The number of carbonyl (C=O) groups is 2. The molecule has 23 heavy (non-hydrogen) atoms. The average molecular weight is 342 g/mol. The van der Waals surface area contributed by atoms with Gasteiger partial charge in [-0.2, -0.15) is 13.5 Å². The number of ether oxygens (including phenoxy) is 1. The lowest BCUT2D eigenvalue weighted by atomic mass is 10.1. The van der Waals surface area contributed by atoms with Crippen molar-refractivity contribution in [2.75, 3.05) is 6.54 Å². The van der Waals surface area contributed by atoms with E-state index in [2.05, 4.69) is 4.28 Å². The van der Waals surface area contributed by atoms with Gasteiger partial charge in [0, 0.05) is 13.0 Å². The van der Waals surface area contributed by atoms with Crippen LogP contribution < -0.4 is 0 Å². The summed E-state index contributed by atoms with van der Waals surface area (Å²) in [6.07, 6.45) is 0.175. The molecule has 3 rings (SSSR count). The average Bonchev–Trinajstić information content (AvgIpc) is 3.05. The van der Waals surface area contributed by atoms with Crippen LogP contribution in [0.25, 0.3) is 0 Å². The Hall–Kier alpha value is -2.17. The van der Waals surface area contributed by atoms with E-state index >= 15 is 0 Å². The number of esters is 1. The number of nitrogens with zero attached hydrogens (tertiary/aromatic N) is 2. The molecule has 0 spiro atoms. The Bertz CT molecular complexity index is 721. The van der Waals surface area contributed by atoms with Gasteiger partial charge in [-0.25, -0.2) is 9.59 Å². The number of carbonyl (C=O) groups excluding carboxylic acids is 2. The van der Waals surface area contributed by atoms with Crippen LogP contribution in [0.3, 0.4) is 0 Å². The Balaban J connectivity index is 1.60. The zero-order valence-electron chi connectivity index (χ0n) is 11.9. The fraction of sp³-hybridized carbons (Fsp3) is 0.385. The summed E-state index contributed by atoms with van der Waals surface area (Å²) in [6.45, 7) is 0.230. The van der Waals surface area contributed by atoms with Gasteiger partial charge in [-0.05, 0) is 5.56 Å². The predicted molar refractivity (Wildman–Crippen MR) is 75.0 cm³/mol. The largest absolute Gasteiger partial charge is 0.459 e. The van der Waals surface area contributed by atoms with Crippen molar-refractivity contribution in [1.29, 1.82) is 0 Å². The Morgan fingerprint density at radius 1 is 1.30 bits per heavy atom. The van der Waals surface area contributed by atoms with Gasteiger partial charge in [-0.1, -0.05) is 30.3 Å². The van der Waals surface area contributed by atoms with Gasteiger partial charge in [0.1, 0.15) is 12.6 Å². The SMILES string of the molecule is O=C(OCc1ccccc1)[C@H]1C[C@@H]2CN1C(=O)N2OS(=O)(=O)O. The number of hydrogen-bond acceptors (Lipinski definition) is 6. The van der Waals surface area contributed by atoms with E-state index in [0.29, 0.717) is 5.06 Å². The van der Waals surface area contributed by atoms with Gasteiger partial charge in [0.15, 0.2) is 0 Å². The summed E-state index contributed by atoms with van der Waals surface area (Å²) in [4.78, 5) is 25.3. The maximum absolute atomic E-state index is 12.1. The number of hydroxylamine groups is 2. The second-order valence-electron chi connectivity index (χ2n) is 5.26. The monoisotopic (exact) mass is 342 g/mol. The first-order chi connectivity index (χ1) is 10.8. The molecule has 2 bridgehead atoms. The third kappa shape index (κ3) is 3.28. The van der Waals surface area contributed by atoms with E-state index in [1.165, 1.54) is 4.90 Å². The van der Waals surface area contributed by atoms with Crippen LogP contribution in [0, 0.1) is 0 Å². The van der Waals surface area contributed by atoms with Crippen molar-refractivity contribution < 1.29 is 31.6 Å². The van der Waals surface area contributed by atoms with E-state index in [9.17, 15) is 18.0 Å². The Labute approximate surface area is 132 Å². The molecule has 0 saturated carbocycles. The molecule has 2 aliphatic heterocycles. The molecule has 2 heterocycles. The smallest absolute Gasteiger partial charge is 0.418 e. The molecule has 1 aromatic carbocycles. The highest BCUT2D eigenvalue weighted by Crippen LogP contribution is 2.32. The number of urea groups is 1. The minimum Gasteiger partial charge on any atom is -0.459 e. The summed E-state index contributed by atoms with van der Waals surface area (Å²) in [7, 11) is -4.78. The predicted octanol–water partition coefficient (Wildman–Crippen LogP) is 0.343. The molecule has 1 N–H and O–H groups in total. The van der Waals surface area contributed by atoms with E-state index in [4.69, 9.17) is 9.29 Å². The molecule has 0 unspecified atom stereocenters.